The predicted octanol–water partition coefficient (Wildman–Crippen LogP) is 2.99. The lowest BCUT2D eigenvalue weighted by atomic mass is 10.0. The second-order valence-corrected chi connectivity index (χ2v) is 5.92. The largest absolute Gasteiger partial charge is 0.493 e. The highest BCUT2D eigenvalue weighted by Crippen LogP contribution is 2.31. The Morgan fingerprint density at radius 2 is 2.09 bits per heavy atom. The van der Waals surface area contributed by atoms with Crippen molar-refractivity contribution in [2.75, 3.05) is 19.8 Å². The molecule has 5 nitrogen and oxygen atoms in total. The molecule has 0 amide bonds. The molecule has 0 aromatic heterocycles. The van der Waals surface area contributed by atoms with Gasteiger partial charge < -0.3 is 20.5 Å². The molecule has 3 N–H and O–H groups in total. The quantitative estimate of drug-likeness (QED) is 0.437. The lowest BCUT2D eigenvalue weighted by molar-refractivity contribution is 0.0129. The number of nitrogens with zero attached hydrogens (tertiary/aromatic N) is 1. The summed E-state index contributed by atoms with van der Waals surface area (Å²) in [5, 5.41) is 3.32. The van der Waals surface area contributed by atoms with Gasteiger partial charge in [0.1, 0.15) is 5.75 Å². The lowest BCUT2D eigenvalue weighted by Crippen LogP contribution is -2.37. The van der Waals surface area contributed by atoms with Gasteiger partial charge in [-0.2, -0.15) is 0 Å². The molecule has 0 saturated carbocycles. The van der Waals surface area contributed by atoms with Crippen molar-refractivity contribution in [1.82, 2.24) is 5.32 Å². The Bertz CT molecular complexity index is 518. The van der Waals surface area contributed by atoms with Crippen molar-refractivity contribution in [1.29, 1.82) is 0 Å². The maximum absolute atomic E-state index is 6.03. The SMILES string of the molecule is I.NC(=NCCC1CCCCO1)NC1CCOc2ccccc21. The standard InChI is InChI=1S/C17H25N3O2.HI/c18-17(19-10-8-13-5-3-4-11-21-13)20-15-9-12-22-16-7-2-1-6-14(15)16;/h1-2,6-7,13,15H,3-5,8-12H2,(H3,18,19,20);1H. The van der Waals surface area contributed by atoms with E-state index in [-0.39, 0.29) is 30.0 Å². The van der Waals surface area contributed by atoms with E-state index in [1.807, 2.05) is 18.2 Å². The van der Waals surface area contributed by atoms with Crippen molar-refractivity contribution in [3.8, 4) is 5.75 Å². The number of hydrogen-bond donors (Lipinski definition) is 2. The first-order chi connectivity index (χ1) is 10.8. The number of rotatable bonds is 4. The fourth-order valence-corrected chi connectivity index (χ4v) is 3.08. The van der Waals surface area contributed by atoms with Gasteiger partial charge in [0, 0.05) is 25.1 Å². The Morgan fingerprint density at radius 3 is 2.91 bits per heavy atom. The number of benzene rings is 1. The van der Waals surface area contributed by atoms with Crippen LogP contribution in [0.1, 0.15) is 43.7 Å². The maximum atomic E-state index is 6.03. The number of nitrogens with two attached hydrogens (primary N) is 1. The number of halogens is 1. The van der Waals surface area contributed by atoms with Gasteiger partial charge >= 0.3 is 0 Å². The molecule has 1 fully saturated rings. The van der Waals surface area contributed by atoms with Gasteiger partial charge in [-0.3, -0.25) is 4.99 Å². The van der Waals surface area contributed by atoms with E-state index in [4.69, 9.17) is 15.2 Å². The minimum atomic E-state index is 0. The van der Waals surface area contributed by atoms with Crippen LogP contribution in [0.2, 0.25) is 0 Å². The molecule has 2 atom stereocenters. The van der Waals surface area contributed by atoms with Crippen molar-refractivity contribution in [3.05, 3.63) is 29.8 Å². The molecular weight excluding hydrogens is 405 g/mol. The van der Waals surface area contributed by atoms with Crippen LogP contribution in [-0.4, -0.2) is 31.8 Å². The van der Waals surface area contributed by atoms with Crippen LogP contribution < -0.4 is 15.8 Å². The number of aliphatic imine (C=N–C) groups is 1. The first kappa shape index (κ1) is 18.3. The molecule has 23 heavy (non-hydrogen) atoms. The minimum absolute atomic E-state index is 0. The number of ether oxygens (including phenoxy) is 2. The van der Waals surface area contributed by atoms with Crippen LogP contribution >= 0.6 is 24.0 Å². The van der Waals surface area contributed by atoms with E-state index >= 15 is 0 Å². The van der Waals surface area contributed by atoms with E-state index in [0.29, 0.717) is 25.2 Å². The molecule has 0 radical (unpaired) electrons. The van der Waals surface area contributed by atoms with E-state index in [1.165, 1.54) is 12.8 Å². The molecule has 1 saturated heterocycles. The molecule has 2 heterocycles. The first-order valence-electron chi connectivity index (χ1n) is 8.23. The average Bonchev–Trinajstić information content (AvgIpc) is 2.56. The van der Waals surface area contributed by atoms with E-state index < -0.39 is 0 Å². The van der Waals surface area contributed by atoms with Gasteiger partial charge in [0.25, 0.3) is 0 Å². The molecule has 6 heteroatoms. The van der Waals surface area contributed by atoms with Crippen molar-refractivity contribution < 1.29 is 9.47 Å². The molecule has 128 valence electrons. The second kappa shape index (κ2) is 9.32. The Balaban J connectivity index is 0.00000192. The smallest absolute Gasteiger partial charge is 0.189 e. The fourth-order valence-electron chi connectivity index (χ4n) is 3.08. The molecule has 1 aromatic carbocycles. The van der Waals surface area contributed by atoms with Crippen molar-refractivity contribution in [2.24, 2.45) is 10.7 Å². The minimum Gasteiger partial charge on any atom is -0.493 e. The van der Waals surface area contributed by atoms with Gasteiger partial charge in [-0.05, 0) is 31.7 Å². The van der Waals surface area contributed by atoms with Crippen LogP contribution in [0.25, 0.3) is 0 Å². The number of para-hydroxylation sites is 1. The summed E-state index contributed by atoms with van der Waals surface area (Å²) in [6, 6.07) is 8.27. The Morgan fingerprint density at radius 1 is 1.22 bits per heavy atom. The normalized spacial score (nSPS) is 24.1. The lowest BCUT2D eigenvalue weighted by Gasteiger charge is -2.27. The fraction of sp³-hybridized carbons (Fsp3) is 0.588. The van der Waals surface area contributed by atoms with Crippen LogP contribution in [0.15, 0.2) is 29.3 Å². The zero-order valence-electron chi connectivity index (χ0n) is 13.4. The molecular formula is C17H26IN3O2. The molecule has 2 aliphatic rings. The molecule has 2 unspecified atom stereocenters. The van der Waals surface area contributed by atoms with Gasteiger partial charge in [-0.1, -0.05) is 18.2 Å². The Labute approximate surface area is 155 Å². The number of guanidine groups is 1. The van der Waals surface area contributed by atoms with E-state index in [2.05, 4.69) is 16.4 Å². The number of hydrogen-bond acceptors (Lipinski definition) is 3. The van der Waals surface area contributed by atoms with Crippen molar-refractivity contribution >= 4 is 29.9 Å². The Kier molecular flexibility index (Phi) is 7.42. The zero-order valence-corrected chi connectivity index (χ0v) is 15.7. The van der Waals surface area contributed by atoms with Crippen LogP contribution in [0.5, 0.6) is 5.75 Å². The highest BCUT2D eigenvalue weighted by Gasteiger charge is 2.21. The van der Waals surface area contributed by atoms with E-state index in [1.54, 1.807) is 0 Å². The Hall–Kier alpha value is -1.02. The molecule has 1 aromatic rings. The molecule has 0 aliphatic carbocycles. The summed E-state index contributed by atoms with van der Waals surface area (Å²) in [6.07, 6.45) is 5.81. The first-order valence-corrected chi connectivity index (χ1v) is 8.23. The number of nitrogens with one attached hydrogen (secondary N) is 1. The van der Waals surface area contributed by atoms with Gasteiger partial charge in [-0.15, -0.1) is 24.0 Å². The number of fused-ring (bicyclic) bond motifs is 1. The second-order valence-electron chi connectivity index (χ2n) is 5.92. The van der Waals surface area contributed by atoms with Gasteiger partial charge in [0.2, 0.25) is 0 Å². The van der Waals surface area contributed by atoms with Crippen LogP contribution in [0.4, 0.5) is 0 Å². The summed E-state index contributed by atoms with van der Waals surface area (Å²) >= 11 is 0. The third-order valence-electron chi connectivity index (χ3n) is 4.29. The zero-order chi connectivity index (χ0) is 15.2. The summed E-state index contributed by atoms with van der Waals surface area (Å²) < 4.78 is 11.4. The third-order valence-corrected chi connectivity index (χ3v) is 4.29. The summed E-state index contributed by atoms with van der Waals surface area (Å²) in [6.45, 7) is 2.31. The predicted molar refractivity (Wildman–Crippen MR) is 103 cm³/mol. The molecule has 0 bridgehead atoms. The van der Waals surface area contributed by atoms with Crippen LogP contribution in [-0.2, 0) is 4.74 Å². The summed E-state index contributed by atoms with van der Waals surface area (Å²) in [4.78, 5) is 4.45. The van der Waals surface area contributed by atoms with Crippen molar-refractivity contribution in [3.63, 3.8) is 0 Å². The average molecular weight is 431 g/mol. The molecule has 0 spiro atoms. The third kappa shape index (κ3) is 5.24. The molecule has 2 aliphatic heterocycles. The van der Waals surface area contributed by atoms with Crippen molar-refractivity contribution in [2.45, 2.75) is 44.2 Å². The summed E-state index contributed by atoms with van der Waals surface area (Å²) in [7, 11) is 0. The highest BCUT2D eigenvalue weighted by molar-refractivity contribution is 14.0. The topological polar surface area (TPSA) is 68.9 Å². The van der Waals surface area contributed by atoms with Crippen LogP contribution in [0.3, 0.4) is 0 Å². The molecule has 3 rings (SSSR count). The maximum Gasteiger partial charge on any atom is 0.189 e. The summed E-state index contributed by atoms with van der Waals surface area (Å²) in [5.41, 5.74) is 7.19. The van der Waals surface area contributed by atoms with Gasteiger partial charge in [0.15, 0.2) is 5.96 Å². The van der Waals surface area contributed by atoms with Crippen LogP contribution in [0, 0.1) is 0 Å². The van der Waals surface area contributed by atoms with E-state index in [0.717, 1.165) is 37.2 Å². The van der Waals surface area contributed by atoms with Gasteiger partial charge in [-0.25, -0.2) is 0 Å². The van der Waals surface area contributed by atoms with E-state index in [9.17, 15) is 0 Å². The monoisotopic (exact) mass is 431 g/mol. The summed E-state index contributed by atoms with van der Waals surface area (Å²) in [5.74, 6) is 1.45. The van der Waals surface area contributed by atoms with Gasteiger partial charge in [0.05, 0.1) is 18.8 Å². The highest BCUT2D eigenvalue weighted by atomic mass is 127.